The van der Waals surface area contributed by atoms with E-state index in [2.05, 4.69) is 6.58 Å². The average molecular weight is 364 g/mol. The molecular formula is C20H19F3O3. The quantitative estimate of drug-likeness (QED) is 0.564. The van der Waals surface area contributed by atoms with E-state index in [-0.39, 0.29) is 12.0 Å². The topological polar surface area (TPSA) is 35.5 Å². The summed E-state index contributed by atoms with van der Waals surface area (Å²) in [5, 5.41) is 0. The van der Waals surface area contributed by atoms with Crippen molar-refractivity contribution in [1.82, 2.24) is 0 Å². The van der Waals surface area contributed by atoms with Crippen LogP contribution in [0.1, 0.15) is 25.0 Å². The van der Waals surface area contributed by atoms with Crippen LogP contribution in [0.4, 0.5) is 13.2 Å². The number of carbonyl (C=O) groups is 1. The maximum atomic E-state index is 12.9. The van der Waals surface area contributed by atoms with Gasteiger partial charge in [-0.15, -0.1) is 0 Å². The number of cyclic esters (lactones) is 1. The Morgan fingerprint density at radius 3 is 2.58 bits per heavy atom. The molecule has 0 amide bonds. The van der Waals surface area contributed by atoms with Crippen molar-refractivity contribution in [2.45, 2.75) is 25.6 Å². The van der Waals surface area contributed by atoms with Crippen molar-refractivity contribution < 1.29 is 27.4 Å². The molecule has 3 nitrogen and oxygen atoms in total. The van der Waals surface area contributed by atoms with Gasteiger partial charge in [-0.1, -0.05) is 49.9 Å². The number of rotatable bonds is 3. The van der Waals surface area contributed by atoms with E-state index in [1.807, 2.05) is 6.92 Å². The molecule has 0 N–H and O–H groups in total. The number of esters is 1. The first kappa shape index (κ1) is 18.3. The summed E-state index contributed by atoms with van der Waals surface area (Å²) in [5.74, 6) is -0.473. The zero-order valence-corrected chi connectivity index (χ0v) is 14.5. The van der Waals surface area contributed by atoms with Crippen LogP contribution in [-0.4, -0.2) is 19.3 Å². The number of para-hydroxylation sites is 1. The lowest BCUT2D eigenvalue weighted by Gasteiger charge is -2.36. The SMILES string of the molecule is C=C1C(=O)O[C@H](c2ccccc2OC)[C@@H]1C1(C)C=CC(C(F)(F)F)=CC1. The Balaban J connectivity index is 1.99. The molecule has 0 bridgehead atoms. The molecule has 2 aliphatic rings. The molecule has 6 heteroatoms. The lowest BCUT2D eigenvalue weighted by atomic mass is 9.66. The molecule has 0 saturated carbocycles. The van der Waals surface area contributed by atoms with Gasteiger partial charge < -0.3 is 9.47 Å². The third kappa shape index (κ3) is 3.04. The van der Waals surface area contributed by atoms with Crippen molar-refractivity contribution in [2.75, 3.05) is 7.11 Å². The van der Waals surface area contributed by atoms with Crippen LogP contribution in [0.25, 0.3) is 0 Å². The lowest BCUT2D eigenvalue weighted by molar-refractivity contribution is -0.139. The largest absolute Gasteiger partial charge is 0.496 e. The predicted molar refractivity (Wildman–Crippen MR) is 90.5 cm³/mol. The van der Waals surface area contributed by atoms with Gasteiger partial charge in [0.2, 0.25) is 0 Å². The Hall–Kier alpha value is -2.50. The van der Waals surface area contributed by atoms with E-state index in [1.54, 1.807) is 24.3 Å². The van der Waals surface area contributed by atoms with E-state index in [0.29, 0.717) is 11.3 Å². The third-order valence-electron chi connectivity index (χ3n) is 5.06. The minimum absolute atomic E-state index is 0.129. The normalized spacial score (nSPS) is 28.7. The van der Waals surface area contributed by atoms with Gasteiger partial charge in [0.1, 0.15) is 11.9 Å². The number of ether oxygens (including phenoxy) is 2. The standard InChI is InChI=1S/C20H19F3O3/c1-12-16(19(2)10-8-13(9-11-19)20(21,22)23)17(26-18(12)24)14-6-4-5-7-15(14)25-3/h4-10,16-17H,1,11H2,2-3H3/t16-,17-,19?/m1/s1. The van der Waals surface area contributed by atoms with Crippen LogP contribution in [0.5, 0.6) is 5.75 Å². The van der Waals surface area contributed by atoms with Gasteiger partial charge >= 0.3 is 12.1 Å². The van der Waals surface area contributed by atoms with E-state index in [4.69, 9.17) is 9.47 Å². The second-order valence-electron chi connectivity index (χ2n) is 6.77. The summed E-state index contributed by atoms with van der Waals surface area (Å²) in [6, 6.07) is 7.13. The van der Waals surface area contributed by atoms with Crippen LogP contribution in [0, 0.1) is 11.3 Å². The maximum absolute atomic E-state index is 12.9. The number of benzene rings is 1. The van der Waals surface area contributed by atoms with Crippen LogP contribution in [-0.2, 0) is 9.53 Å². The number of carbonyl (C=O) groups excluding carboxylic acids is 1. The molecule has 3 rings (SSSR count). The summed E-state index contributed by atoms with van der Waals surface area (Å²) in [4.78, 5) is 12.2. The van der Waals surface area contributed by atoms with E-state index < -0.39 is 35.2 Å². The highest BCUT2D eigenvalue weighted by molar-refractivity contribution is 5.91. The fourth-order valence-electron chi connectivity index (χ4n) is 3.64. The first-order chi connectivity index (χ1) is 12.2. The molecule has 1 aromatic carbocycles. The highest BCUT2D eigenvalue weighted by Gasteiger charge is 2.50. The Bertz CT molecular complexity index is 807. The van der Waals surface area contributed by atoms with E-state index >= 15 is 0 Å². The molecule has 1 heterocycles. The lowest BCUT2D eigenvalue weighted by Crippen LogP contribution is -2.31. The smallest absolute Gasteiger partial charge is 0.416 e. The average Bonchev–Trinajstić information content (AvgIpc) is 2.90. The summed E-state index contributed by atoms with van der Waals surface area (Å²) < 4.78 is 49.6. The zero-order chi connectivity index (χ0) is 19.1. The number of methoxy groups -OCH3 is 1. The Morgan fingerprint density at radius 1 is 1.31 bits per heavy atom. The molecule has 1 aromatic rings. The Labute approximate surface area is 149 Å². The Morgan fingerprint density at radius 2 is 2.00 bits per heavy atom. The van der Waals surface area contributed by atoms with E-state index in [9.17, 15) is 18.0 Å². The number of hydrogen-bond donors (Lipinski definition) is 0. The van der Waals surface area contributed by atoms with Gasteiger partial charge in [-0.3, -0.25) is 0 Å². The zero-order valence-electron chi connectivity index (χ0n) is 14.5. The van der Waals surface area contributed by atoms with Crippen LogP contribution in [0.2, 0.25) is 0 Å². The second-order valence-corrected chi connectivity index (χ2v) is 6.77. The van der Waals surface area contributed by atoms with Crippen LogP contribution in [0.3, 0.4) is 0 Å². The Kier molecular flexibility index (Phi) is 4.46. The number of hydrogen-bond acceptors (Lipinski definition) is 3. The van der Waals surface area contributed by atoms with E-state index in [1.165, 1.54) is 13.2 Å². The molecule has 138 valence electrons. The maximum Gasteiger partial charge on any atom is 0.416 e. The van der Waals surface area contributed by atoms with Crippen molar-refractivity contribution in [2.24, 2.45) is 11.3 Å². The first-order valence-corrected chi connectivity index (χ1v) is 8.16. The number of allylic oxidation sites excluding steroid dienone is 4. The molecule has 1 fully saturated rings. The molecule has 0 spiro atoms. The molecule has 3 atom stereocenters. The monoisotopic (exact) mass is 364 g/mol. The molecule has 0 radical (unpaired) electrons. The number of halogens is 3. The fraction of sp³-hybridized carbons (Fsp3) is 0.350. The van der Waals surface area contributed by atoms with Gasteiger partial charge in [-0.2, -0.15) is 13.2 Å². The van der Waals surface area contributed by atoms with Crippen molar-refractivity contribution in [3.05, 3.63) is 65.8 Å². The van der Waals surface area contributed by atoms with Crippen LogP contribution >= 0.6 is 0 Å². The number of alkyl halides is 3. The molecule has 1 aliphatic carbocycles. The van der Waals surface area contributed by atoms with E-state index in [0.717, 1.165) is 12.2 Å². The minimum Gasteiger partial charge on any atom is -0.496 e. The third-order valence-corrected chi connectivity index (χ3v) is 5.06. The summed E-state index contributed by atoms with van der Waals surface area (Å²) in [5.41, 5.74) is -0.479. The van der Waals surface area contributed by atoms with Crippen molar-refractivity contribution in [3.8, 4) is 5.75 Å². The summed E-state index contributed by atoms with van der Waals surface area (Å²) in [6.45, 7) is 5.66. The molecule has 1 unspecified atom stereocenters. The fourth-order valence-corrected chi connectivity index (χ4v) is 3.64. The highest BCUT2D eigenvalue weighted by atomic mass is 19.4. The van der Waals surface area contributed by atoms with Crippen LogP contribution < -0.4 is 4.74 Å². The molecule has 1 saturated heterocycles. The molecule has 0 aromatic heterocycles. The van der Waals surface area contributed by atoms with Crippen molar-refractivity contribution in [3.63, 3.8) is 0 Å². The molecule has 26 heavy (non-hydrogen) atoms. The van der Waals surface area contributed by atoms with Gasteiger partial charge in [0.05, 0.1) is 12.7 Å². The van der Waals surface area contributed by atoms with Crippen molar-refractivity contribution in [1.29, 1.82) is 0 Å². The van der Waals surface area contributed by atoms with Gasteiger partial charge in [-0.25, -0.2) is 4.79 Å². The summed E-state index contributed by atoms with van der Waals surface area (Å²) in [7, 11) is 1.51. The van der Waals surface area contributed by atoms with Crippen molar-refractivity contribution >= 4 is 5.97 Å². The van der Waals surface area contributed by atoms with Gasteiger partial charge in [-0.05, 0) is 12.5 Å². The molecular weight excluding hydrogens is 345 g/mol. The summed E-state index contributed by atoms with van der Waals surface area (Å²) >= 11 is 0. The molecule has 1 aliphatic heterocycles. The second kappa shape index (κ2) is 6.34. The van der Waals surface area contributed by atoms with Gasteiger partial charge in [0.15, 0.2) is 0 Å². The predicted octanol–water partition coefficient (Wildman–Crippen LogP) is 4.92. The van der Waals surface area contributed by atoms with Gasteiger partial charge in [0, 0.05) is 22.5 Å². The highest BCUT2D eigenvalue weighted by Crippen LogP contribution is 2.53. The minimum atomic E-state index is -4.39. The first-order valence-electron chi connectivity index (χ1n) is 8.16. The van der Waals surface area contributed by atoms with Crippen LogP contribution in [0.15, 0.2) is 60.2 Å². The van der Waals surface area contributed by atoms with Gasteiger partial charge in [0.25, 0.3) is 0 Å². The summed E-state index contributed by atoms with van der Waals surface area (Å²) in [6.07, 6.45) is -1.19.